The first-order valence-corrected chi connectivity index (χ1v) is 13.4. The van der Waals surface area contributed by atoms with Crippen molar-refractivity contribution in [3.05, 3.63) is 45.4 Å². The molecule has 3 aliphatic rings. The Bertz CT molecular complexity index is 1190. The van der Waals surface area contributed by atoms with Crippen LogP contribution in [0, 0.1) is 12.1 Å². The minimum Gasteiger partial charge on any atom is -0.608 e. The van der Waals surface area contributed by atoms with E-state index in [2.05, 4.69) is 16.5 Å². The maximum Gasteiger partial charge on any atom is 0.436 e. The second-order valence-corrected chi connectivity index (χ2v) is 11.1. The van der Waals surface area contributed by atoms with Gasteiger partial charge in [0, 0.05) is 26.5 Å². The summed E-state index contributed by atoms with van der Waals surface area (Å²) < 4.78 is 33.8. The zero-order valence-corrected chi connectivity index (χ0v) is 20.4. The minimum absolute atomic E-state index is 0.317. The first-order valence-electron chi connectivity index (χ1n) is 11.9. The standard InChI is InChI=1S/C23H31N5O5S/c1-15-21(14-26(2)25-15)27(18-9-11-33-12-10-18)34(31,32)28(30)23(29)24-22-19-7-3-5-16(19)13-17-6-4-8-20(17)22/h13-14,18,28H,3-12H2,1-2H3,(H,24,29). The van der Waals surface area contributed by atoms with Gasteiger partial charge in [-0.3, -0.25) is 10.00 Å². The van der Waals surface area contributed by atoms with Gasteiger partial charge >= 0.3 is 16.2 Å². The van der Waals surface area contributed by atoms with Crippen LogP contribution < -0.4 is 14.1 Å². The van der Waals surface area contributed by atoms with Crippen molar-refractivity contribution in [3.63, 3.8) is 0 Å². The van der Waals surface area contributed by atoms with Crippen LogP contribution in [0.3, 0.4) is 0 Å². The summed E-state index contributed by atoms with van der Waals surface area (Å²) in [5.41, 5.74) is 5.93. The van der Waals surface area contributed by atoms with Gasteiger partial charge < -0.3 is 9.94 Å². The zero-order chi connectivity index (χ0) is 24.0. The molecule has 0 saturated carbocycles. The summed E-state index contributed by atoms with van der Waals surface area (Å²) in [5, 5.41) is 20.2. The molecular formula is C23H31N5O5S. The molecule has 0 spiro atoms. The Hall–Kier alpha value is -2.47. The van der Waals surface area contributed by atoms with Gasteiger partial charge in [0.1, 0.15) is 0 Å². The number of hydroxylamine groups is 1. The third-order valence-corrected chi connectivity index (χ3v) is 8.80. The molecule has 10 nitrogen and oxygen atoms in total. The van der Waals surface area contributed by atoms with E-state index in [-0.39, 0.29) is 0 Å². The third-order valence-electron chi connectivity index (χ3n) is 7.14. The monoisotopic (exact) mass is 489 g/mol. The first kappa shape index (κ1) is 23.3. The van der Waals surface area contributed by atoms with Crippen LogP contribution in [0.4, 0.5) is 16.2 Å². The minimum atomic E-state index is -4.64. The van der Waals surface area contributed by atoms with Gasteiger partial charge in [-0.2, -0.15) is 18.0 Å². The summed E-state index contributed by atoms with van der Waals surface area (Å²) in [6.07, 6.45) is 7.95. The lowest BCUT2D eigenvalue weighted by atomic mass is 9.99. The van der Waals surface area contributed by atoms with Crippen molar-refractivity contribution in [1.29, 1.82) is 0 Å². The topological polar surface area (TPSA) is 121 Å². The lowest BCUT2D eigenvalue weighted by Crippen LogP contribution is -3.14. The van der Waals surface area contributed by atoms with E-state index < -0.39 is 26.8 Å². The van der Waals surface area contributed by atoms with Crippen molar-refractivity contribution in [2.24, 2.45) is 7.05 Å². The van der Waals surface area contributed by atoms with Crippen LogP contribution in [-0.4, -0.2) is 43.5 Å². The van der Waals surface area contributed by atoms with Gasteiger partial charge in [-0.05, 0) is 80.5 Å². The van der Waals surface area contributed by atoms with Crippen molar-refractivity contribution in [2.45, 2.75) is 64.3 Å². The van der Waals surface area contributed by atoms with Crippen LogP contribution in [0.1, 0.15) is 53.6 Å². The predicted octanol–water partition coefficient (Wildman–Crippen LogP) is 1.55. The van der Waals surface area contributed by atoms with E-state index in [1.807, 2.05) is 0 Å². The second-order valence-electron chi connectivity index (χ2n) is 9.39. The van der Waals surface area contributed by atoms with E-state index in [1.54, 1.807) is 20.2 Å². The number of anilines is 2. The van der Waals surface area contributed by atoms with Gasteiger partial charge in [0.25, 0.3) is 0 Å². The number of urea groups is 1. The summed E-state index contributed by atoms with van der Waals surface area (Å²) in [6.45, 7) is 2.47. The van der Waals surface area contributed by atoms with Crippen molar-refractivity contribution in [3.8, 4) is 0 Å². The molecule has 5 rings (SSSR count). The number of rotatable bonds is 5. The number of amides is 2. The average molecular weight is 490 g/mol. The molecule has 2 aliphatic carbocycles. The summed E-state index contributed by atoms with van der Waals surface area (Å²) in [4.78, 5) is 13.2. The molecule has 1 aromatic heterocycles. The number of carbonyl (C=O) groups excluding carboxylic acids is 1. The fraction of sp³-hybridized carbons (Fsp3) is 0.565. The molecule has 1 aromatic carbocycles. The molecule has 2 amide bonds. The molecule has 0 bridgehead atoms. The molecular weight excluding hydrogens is 458 g/mol. The molecule has 2 heterocycles. The normalized spacial score (nSPS) is 19.0. The Morgan fingerprint density at radius 1 is 1.18 bits per heavy atom. The zero-order valence-electron chi connectivity index (χ0n) is 19.6. The molecule has 1 atom stereocenters. The molecule has 34 heavy (non-hydrogen) atoms. The number of ether oxygens (including phenoxy) is 1. The molecule has 184 valence electrons. The highest BCUT2D eigenvalue weighted by Crippen LogP contribution is 2.38. The molecule has 11 heteroatoms. The molecule has 1 fully saturated rings. The van der Waals surface area contributed by atoms with Crippen LogP contribution in [-0.2, 0) is 47.7 Å². The summed E-state index contributed by atoms with van der Waals surface area (Å²) in [7, 11) is -2.95. The van der Waals surface area contributed by atoms with Crippen LogP contribution in [0.25, 0.3) is 0 Å². The molecule has 0 radical (unpaired) electrons. The third kappa shape index (κ3) is 4.00. The van der Waals surface area contributed by atoms with Crippen molar-refractivity contribution in [2.75, 3.05) is 22.8 Å². The lowest BCUT2D eigenvalue weighted by Gasteiger charge is -2.35. The Balaban J connectivity index is 1.47. The van der Waals surface area contributed by atoms with E-state index in [9.17, 15) is 18.4 Å². The highest BCUT2D eigenvalue weighted by molar-refractivity contribution is 7.86. The quantitative estimate of drug-likeness (QED) is 0.615. The van der Waals surface area contributed by atoms with Gasteiger partial charge in [0.15, 0.2) is 0 Å². The number of benzene rings is 1. The molecule has 1 unspecified atom stereocenters. The number of aryl methyl sites for hydroxylation is 4. The van der Waals surface area contributed by atoms with Gasteiger partial charge in [0.2, 0.25) is 0 Å². The average Bonchev–Trinajstić information content (AvgIpc) is 3.54. The highest BCUT2D eigenvalue weighted by atomic mass is 32.2. The highest BCUT2D eigenvalue weighted by Gasteiger charge is 2.41. The number of quaternary nitrogens is 1. The maximum absolute atomic E-state index is 13.6. The lowest BCUT2D eigenvalue weighted by molar-refractivity contribution is -0.604. The van der Waals surface area contributed by atoms with Gasteiger partial charge in [0.05, 0.1) is 23.1 Å². The van der Waals surface area contributed by atoms with E-state index in [0.717, 1.165) is 54.0 Å². The van der Waals surface area contributed by atoms with Crippen LogP contribution >= 0.6 is 0 Å². The van der Waals surface area contributed by atoms with E-state index in [1.165, 1.54) is 15.8 Å². The number of nitrogens with one attached hydrogen (secondary N) is 2. The van der Waals surface area contributed by atoms with E-state index >= 15 is 0 Å². The van der Waals surface area contributed by atoms with Crippen molar-refractivity contribution < 1.29 is 22.4 Å². The van der Waals surface area contributed by atoms with E-state index in [0.29, 0.717) is 43.1 Å². The maximum atomic E-state index is 13.6. The first-order chi connectivity index (χ1) is 16.3. The number of hydrogen-bond acceptors (Lipinski definition) is 6. The second kappa shape index (κ2) is 8.95. The number of hydrogen-bond donors (Lipinski definition) is 2. The predicted molar refractivity (Wildman–Crippen MR) is 127 cm³/mol. The molecule has 2 aromatic rings. The molecule has 1 aliphatic heterocycles. The Morgan fingerprint density at radius 3 is 2.35 bits per heavy atom. The SMILES string of the molecule is Cc1nn(C)cc1N(C1CCOCC1)S(=O)(=O)[NH+]([O-])C(=O)Nc1c2c(cc3c1CCC3)CCC2. The van der Waals surface area contributed by atoms with Gasteiger partial charge in [-0.15, -0.1) is 0 Å². The smallest absolute Gasteiger partial charge is 0.436 e. The Labute approximate surface area is 199 Å². The molecule has 1 saturated heterocycles. The Kier molecular flexibility index (Phi) is 6.13. The molecule has 2 N–H and O–H groups in total. The van der Waals surface area contributed by atoms with E-state index in [4.69, 9.17) is 4.74 Å². The summed E-state index contributed by atoms with van der Waals surface area (Å²) in [6, 6.07) is 0.633. The van der Waals surface area contributed by atoms with Gasteiger partial charge in [-0.25, -0.2) is 9.10 Å². The summed E-state index contributed by atoms with van der Waals surface area (Å²) >= 11 is 0. The fourth-order valence-electron chi connectivity index (χ4n) is 5.58. The fourth-order valence-corrected chi connectivity index (χ4v) is 7.09. The largest absolute Gasteiger partial charge is 0.608 e. The number of carbonyl (C=O) groups is 1. The van der Waals surface area contributed by atoms with Crippen molar-refractivity contribution in [1.82, 2.24) is 9.78 Å². The number of nitrogens with zero attached hydrogens (tertiary/aromatic N) is 3. The number of aromatic nitrogens is 2. The van der Waals surface area contributed by atoms with Crippen LogP contribution in [0.15, 0.2) is 12.3 Å². The van der Waals surface area contributed by atoms with Gasteiger partial charge in [-0.1, -0.05) is 6.07 Å². The number of fused-ring (bicyclic) bond motifs is 2. The Morgan fingerprint density at radius 2 is 1.79 bits per heavy atom. The van der Waals surface area contributed by atoms with Crippen molar-refractivity contribution >= 4 is 27.6 Å². The van der Waals surface area contributed by atoms with Crippen LogP contribution in [0.5, 0.6) is 0 Å². The van der Waals surface area contributed by atoms with Crippen LogP contribution in [0.2, 0.25) is 0 Å². The summed E-state index contributed by atoms with van der Waals surface area (Å²) in [5.74, 6) is 0.